The van der Waals surface area contributed by atoms with Crippen molar-refractivity contribution < 1.29 is 9.90 Å². The summed E-state index contributed by atoms with van der Waals surface area (Å²) in [4.78, 5) is 10.7. The van der Waals surface area contributed by atoms with Crippen LogP contribution in [-0.4, -0.2) is 20.9 Å². The van der Waals surface area contributed by atoms with Gasteiger partial charge in [0, 0.05) is 6.20 Å². The van der Waals surface area contributed by atoms with Crippen molar-refractivity contribution in [1.82, 2.24) is 9.78 Å². The molecule has 0 aliphatic rings. The Morgan fingerprint density at radius 2 is 2.00 bits per heavy atom. The molecule has 0 fully saturated rings. The van der Waals surface area contributed by atoms with Crippen LogP contribution < -0.4 is 0 Å². The second-order valence-electron chi connectivity index (χ2n) is 3.72. The number of rotatable bonds is 2. The Labute approximate surface area is 93.1 Å². The van der Waals surface area contributed by atoms with Gasteiger partial charge in [-0.15, -0.1) is 0 Å². The number of aromatic carboxylic acids is 1. The van der Waals surface area contributed by atoms with Crippen LogP contribution in [-0.2, 0) is 0 Å². The van der Waals surface area contributed by atoms with Gasteiger partial charge in [0.05, 0.1) is 5.69 Å². The predicted octanol–water partition coefficient (Wildman–Crippen LogP) is 2.19. The van der Waals surface area contributed by atoms with Gasteiger partial charge >= 0.3 is 5.97 Å². The van der Waals surface area contributed by atoms with E-state index in [1.807, 2.05) is 32.0 Å². The number of benzene rings is 1. The fraction of sp³-hybridized carbons (Fsp3) is 0.167. The molecule has 0 aliphatic heterocycles. The van der Waals surface area contributed by atoms with Crippen LogP contribution in [0.3, 0.4) is 0 Å². The minimum absolute atomic E-state index is 0.0539. The number of carboxylic acid groups (broad SMARTS) is 1. The maximum absolute atomic E-state index is 10.7. The molecular weight excluding hydrogens is 204 g/mol. The second-order valence-corrected chi connectivity index (χ2v) is 3.72. The maximum Gasteiger partial charge on any atom is 0.356 e. The Morgan fingerprint density at radius 3 is 2.56 bits per heavy atom. The number of hydrogen-bond acceptors (Lipinski definition) is 2. The predicted molar refractivity (Wildman–Crippen MR) is 60.0 cm³/mol. The molecule has 1 heterocycles. The Balaban J connectivity index is 2.42. The van der Waals surface area contributed by atoms with Gasteiger partial charge in [-0.3, -0.25) is 0 Å². The topological polar surface area (TPSA) is 55.1 Å². The highest BCUT2D eigenvalue weighted by atomic mass is 16.4. The Hall–Kier alpha value is -2.10. The minimum Gasteiger partial charge on any atom is -0.476 e. The first kappa shape index (κ1) is 10.4. The number of hydrogen-bond donors (Lipinski definition) is 1. The van der Waals surface area contributed by atoms with E-state index in [1.54, 1.807) is 10.9 Å². The number of nitrogens with zero attached hydrogens (tertiary/aromatic N) is 2. The van der Waals surface area contributed by atoms with E-state index < -0.39 is 5.97 Å². The Morgan fingerprint density at radius 1 is 1.25 bits per heavy atom. The molecule has 1 aromatic carbocycles. The van der Waals surface area contributed by atoms with Gasteiger partial charge in [-0.25, -0.2) is 9.48 Å². The summed E-state index contributed by atoms with van der Waals surface area (Å²) in [7, 11) is 0. The molecule has 0 unspecified atom stereocenters. The van der Waals surface area contributed by atoms with Crippen molar-refractivity contribution in [3.8, 4) is 5.69 Å². The molecule has 0 saturated carbocycles. The molecule has 4 nitrogen and oxygen atoms in total. The summed E-state index contributed by atoms with van der Waals surface area (Å²) in [6, 6.07) is 7.37. The monoisotopic (exact) mass is 216 g/mol. The van der Waals surface area contributed by atoms with Gasteiger partial charge in [-0.2, -0.15) is 5.10 Å². The van der Waals surface area contributed by atoms with Crippen LogP contribution >= 0.6 is 0 Å². The summed E-state index contributed by atoms with van der Waals surface area (Å²) in [5.41, 5.74) is 3.29. The van der Waals surface area contributed by atoms with Crippen molar-refractivity contribution >= 4 is 5.97 Å². The lowest BCUT2D eigenvalue weighted by Crippen LogP contribution is -2.01. The van der Waals surface area contributed by atoms with Crippen LogP contribution in [0.15, 0.2) is 30.5 Å². The fourth-order valence-corrected chi connectivity index (χ4v) is 1.45. The SMILES string of the molecule is Cc1ccc(-n2ccc(C(=O)O)n2)cc1C. The number of aryl methyl sites for hydroxylation is 2. The molecule has 4 heteroatoms. The van der Waals surface area contributed by atoms with E-state index in [2.05, 4.69) is 5.10 Å². The van der Waals surface area contributed by atoms with E-state index >= 15 is 0 Å². The summed E-state index contributed by atoms with van der Waals surface area (Å²) in [5.74, 6) is -1.01. The average molecular weight is 216 g/mol. The molecule has 0 bridgehead atoms. The zero-order valence-corrected chi connectivity index (χ0v) is 9.14. The van der Waals surface area contributed by atoms with Crippen molar-refractivity contribution in [3.05, 3.63) is 47.3 Å². The molecule has 2 aromatic rings. The molecule has 82 valence electrons. The van der Waals surface area contributed by atoms with Gasteiger partial charge in [0.25, 0.3) is 0 Å². The van der Waals surface area contributed by atoms with Gasteiger partial charge < -0.3 is 5.11 Å². The number of carbonyl (C=O) groups is 1. The van der Waals surface area contributed by atoms with Crippen LogP contribution in [0.2, 0.25) is 0 Å². The molecule has 0 radical (unpaired) electrons. The smallest absolute Gasteiger partial charge is 0.356 e. The standard InChI is InChI=1S/C12H12N2O2/c1-8-3-4-10(7-9(8)2)14-6-5-11(13-14)12(15)16/h3-7H,1-2H3,(H,15,16). The van der Waals surface area contributed by atoms with E-state index in [1.165, 1.54) is 11.6 Å². The second kappa shape index (κ2) is 3.81. The first-order valence-corrected chi connectivity index (χ1v) is 4.94. The first-order chi connectivity index (χ1) is 7.58. The lowest BCUT2D eigenvalue weighted by molar-refractivity contribution is 0.0690. The zero-order valence-electron chi connectivity index (χ0n) is 9.14. The highest BCUT2D eigenvalue weighted by Gasteiger charge is 2.07. The molecule has 0 saturated heterocycles. The minimum atomic E-state index is -1.01. The number of aromatic nitrogens is 2. The molecule has 0 atom stereocenters. The molecule has 16 heavy (non-hydrogen) atoms. The van der Waals surface area contributed by atoms with Crippen LogP contribution in [0.4, 0.5) is 0 Å². The summed E-state index contributed by atoms with van der Waals surface area (Å²) in [5, 5.41) is 12.7. The van der Waals surface area contributed by atoms with Crippen molar-refractivity contribution in [1.29, 1.82) is 0 Å². The first-order valence-electron chi connectivity index (χ1n) is 4.94. The highest BCUT2D eigenvalue weighted by molar-refractivity contribution is 5.85. The largest absolute Gasteiger partial charge is 0.476 e. The van der Waals surface area contributed by atoms with Crippen molar-refractivity contribution in [2.75, 3.05) is 0 Å². The Bertz CT molecular complexity index is 544. The van der Waals surface area contributed by atoms with E-state index in [4.69, 9.17) is 5.11 Å². The average Bonchev–Trinajstić information content (AvgIpc) is 2.71. The summed E-state index contributed by atoms with van der Waals surface area (Å²) in [6.07, 6.45) is 1.65. The quantitative estimate of drug-likeness (QED) is 0.837. The molecular formula is C12H12N2O2. The van der Waals surface area contributed by atoms with Crippen molar-refractivity contribution in [3.63, 3.8) is 0 Å². The van der Waals surface area contributed by atoms with E-state index in [0.717, 1.165) is 11.3 Å². The normalized spacial score (nSPS) is 10.4. The van der Waals surface area contributed by atoms with Gasteiger partial charge in [-0.1, -0.05) is 6.07 Å². The van der Waals surface area contributed by atoms with Gasteiger partial charge in [0.15, 0.2) is 5.69 Å². The zero-order chi connectivity index (χ0) is 11.7. The molecule has 1 N–H and O–H groups in total. The third-order valence-corrected chi connectivity index (χ3v) is 2.56. The third-order valence-electron chi connectivity index (χ3n) is 2.56. The molecule has 1 aromatic heterocycles. The summed E-state index contributed by atoms with van der Waals surface area (Å²) >= 11 is 0. The summed E-state index contributed by atoms with van der Waals surface area (Å²) < 4.78 is 1.57. The van der Waals surface area contributed by atoms with E-state index in [9.17, 15) is 4.79 Å². The van der Waals surface area contributed by atoms with Gasteiger partial charge in [0.1, 0.15) is 0 Å². The van der Waals surface area contributed by atoms with Crippen LogP contribution in [0, 0.1) is 13.8 Å². The summed E-state index contributed by atoms with van der Waals surface area (Å²) in [6.45, 7) is 4.05. The van der Waals surface area contributed by atoms with Crippen LogP contribution in [0.1, 0.15) is 21.6 Å². The molecule has 2 rings (SSSR count). The molecule has 0 spiro atoms. The number of carboxylic acids is 1. The van der Waals surface area contributed by atoms with Crippen molar-refractivity contribution in [2.45, 2.75) is 13.8 Å². The lowest BCUT2D eigenvalue weighted by Gasteiger charge is -2.04. The van der Waals surface area contributed by atoms with E-state index in [0.29, 0.717) is 0 Å². The van der Waals surface area contributed by atoms with Crippen LogP contribution in [0.25, 0.3) is 5.69 Å². The van der Waals surface area contributed by atoms with E-state index in [-0.39, 0.29) is 5.69 Å². The highest BCUT2D eigenvalue weighted by Crippen LogP contribution is 2.13. The van der Waals surface area contributed by atoms with Crippen LogP contribution in [0.5, 0.6) is 0 Å². The molecule has 0 aliphatic carbocycles. The maximum atomic E-state index is 10.7. The van der Waals surface area contributed by atoms with Gasteiger partial charge in [-0.05, 0) is 43.2 Å². The fourth-order valence-electron chi connectivity index (χ4n) is 1.45. The Kier molecular flexibility index (Phi) is 2.48. The third kappa shape index (κ3) is 1.82. The lowest BCUT2D eigenvalue weighted by atomic mass is 10.1. The van der Waals surface area contributed by atoms with Gasteiger partial charge in [0.2, 0.25) is 0 Å². The molecule has 0 amide bonds. The van der Waals surface area contributed by atoms with Crippen molar-refractivity contribution in [2.24, 2.45) is 0 Å².